The van der Waals surface area contributed by atoms with Crippen LogP contribution < -0.4 is 10.4 Å². The van der Waals surface area contributed by atoms with Gasteiger partial charge in [0.25, 0.3) is 25.7 Å². The number of rotatable bonds is 9. The second-order valence-electron chi connectivity index (χ2n) is 7.81. The molecule has 2 N–H and O–H groups in total. The fraction of sp³-hybridized carbons (Fsp3) is 0.0909. The maximum atomic E-state index is 13.3. The van der Waals surface area contributed by atoms with E-state index in [2.05, 4.69) is 14.8 Å². The highest BCUT2D eigenvalue weighted by atomic mass is 35.5. The van der Waals surface area contributed by atoms with Crippen LogP contribution in [-0.2, 0) is 25.8 Å². The van der Waals surface area contributed by atoms with E-state index in [-0.39, 0.29) is 14.7 Å². The monoisotopic (exact) mass is 595 g/mol. The first-order valence-corrected chi connectivity index (χ1v) is 14.9. The zero-order valence-electron chi connectivity index (χ0n) is 19.4. The minimum atomic E-state index is -4.59. The lowest BCUT2D eigenvalue weighted by Gasteiger charge is -2.13. The number of non-ortho nitro benzene ring substituents is 1. The zero-order chi connectivity index (χ0) is 27.7. The van der Waals surface area contributed by atoms with E-state index in [9.17, 15) is 31.7 Å². The van der Waals surface area contributed by atoms with E-state index in [4.69, 9.17) is 11.6 Å². The Morgan fingerprint density at radius 3 is 2.37 bits per heavy atom. The number of benzene rings is 3. The van der Waals surface area contributed by atoms with Gasteiger partial charge in [-0.3, -0.25) is 15.1 Å². The van der Waals surface area contributed by atoms with Crippen molar-refractivity contribution in [3.05, 3.63) is 103 Å². The van der Waals surface area contributed by atoms with Gasteiger partial charge in [0.05, 0.1) is 9.82 Å². The van der Waals surface area contributed by atoms with Gasteiger partial charge in [0.2, 0.25) is 5.95 Å². The lowest BCUT2D eigenvalue weighted by Crippen LogP contribution is -2.26. The molecule has 0 fully saturated rings. The minimum Gasteiger partial charge on any atom is -0.273 e. The number of anilines is 1. The molecule has 0 saturated carbocycles. The van der Waals surface area contributed by atoms with Crippen LogP contribution in [0.5, 0.6) is 0 Å². The number of aryl methyl sites for hydroxylation is 1. The number of thioether (sulfide) groups is 1. The Hall–Kier alpha value is -3.66. The number of hydrogen-bond donors (Lipinski definition) is 2. The molecule has 0 aliphatic rings. The lowest BCUT2D eigenvalue weighted by atomic mass is 10.2. The van der Waals surface area contributed by atoms with Crippen LogP contribution in [0.2, 0.25) is 5.02 Å². The smallest absolute Gasteiger partial charge is 0.273 e. The third-order valence-corrected chi connectivity index (χ3v) is 9.76. The molecule has 12 nitrogen and oxygen atoms in total. The van der Waals surface area contributed by atoms with Gasteiger partial charge >= 0.3 is 5.69 Å². The zero-order valence-corrected chi connectivity index (χ0v) is 22.6. The van der Waals surface area contributed by atoms with Gasteiger partial charge in [0, 0.05) is 27.8 Å². The molecule has 16 heteroatoms. The van der Waals surface area contributed by atoms with Gasteiger partial charge < -0.3 is 0 Å². The van der Waals surface area contributed by atoms with E-state index in [1.165, 1.54) is 23.9 Å². The van der Waals surface area contributed by atoms with Crippen LogP contribution in [0, 0.1) is 17.0 Å². The molecule has 0 atom stereocenters. The number of halogens is 1. The summed E-state index contributed by atoms with van der Waals surface area (Å²) >= 11 is 7.47. The first-order valence-electron chi connectivity index (χ1n) is 10.6. The van der Waals surface area contributed by atoms with Crippen molar-refractivity contribution in [2.75, 3.05) is 4.72 Å². The number of sulfonamides is 1. The second kappa shape index (κ2) is 10.6. The molecular weight excluding hydrogens is 578 g/mol. The Labute approximate surface area is 225 Å². The highest BCUT2D eigenvalue weighted by molar-refractivity contribution is 7.99. The molecular formula is C22H18ClN5O7S3. The Balaban J connectivity index is 1.65. The highest BCUT2D eigenvalue weighted by Gasteiger charge is 2.26. The van der Waals surface area contributed by atoms with Gasteiger partial charge in [-0.05, 0) is 42.3 Å². The molecule has 0 unspecified atom stereocenters. The number of nitro benzene ring substituents is 1. The van der Waals surface area contributed by atoms with Gasteiger partial charge in [-0.25, -0.2) is 17.9 Å². The largest absolute Gasteiger partial charge is 0.359 e. The van der Waals surface area contributed by atoms with E-state index in [0.29, 0.717) is 21.2 Å². The quantitative estimate of drug-likeness (QED) is 0.166. The summed E-state index contributed by atoms with van der Waals surface area (Å²) in [5, 5.41) is 14.8. The van der Waals surface area contributed by atoms with Gasteiger partial charge in [-0.2, -0.15) is 8.42 Å². The molecule has 4 aromatic rings. The minimum absolute atomic E-state index is 0.0597. The molecule has 0 aliphatic carbocycles. The number of H-pyrrole nitrogens is 1. The number of nitrogens with zero attached hydrogens (tertiary/aromatic N) is 3. The molecule has 0 amide bonds. The van der Waals surface area contributed by atoms with E-state index >= 15 is 0 Å². The van der Waals surface area contributed by atoms with E-state index < -0.39 is 41.5 Å². The van der Waals surface area contributed by atoms with Crippen LogP contribution in [0.15, 0.2) is 86.2 Å². The maximum absolute atomic E-state index is 13.3. The van der Waals surface area contributed by atoms with Crippen molar-refractivity contribution in [2.24, 2.45) is 0 Å². The van der Waals surface area contributed by atoms with E-state index in [0.717, 1.165) is 29.8 Å². The lowest BCUT2D eigenvalue weighted by molar-refractivity contribution is -0.384. The number of hydrogen-bond acceptors (Lipinski definition) is 9. The van der Waals surface area contributed by atoms with Gasteiger partial charge in [0.1, 0.15) is 4.90 Å². The maximum Gasteiger partial charge on any atom is 0.359 e. The van der Waals surface area contributed by atoms with E-state index in [1.807, 2.05) is 30.3 Å². The van der Waals surface area contributed by atoms with Crippen LogP contribution in [0.25, 0.3) is 0 Å². The summed E-state index contributed by atoms with van der Waals surface area (Å²) in [7, 11) is -8.95. The Bertz CT molecular complexity index is 1790. The molecule has 0 radical (unpaired) electrons. The topological polar surface area (TPSA) is 174 Å². The van der Waals surface area contributed by atoms with Crippen molar-refractivity contribution < 1.29 is 21.8 Å². The van der Waals surface area contributed by atoms with Gasteiger partial charge in [0.15, 0.2) is 0 Å². The van der Waals surface area contributed by atoms with E-state index in [1.54, 1.807) is 6.92 Å². The predicted molar refractivity (Wildman–Crippen MR) is 142 cm³/mol. The van der Waals surface area contributed by atoms with Crippen LogP contribution in [0.1, 0.15) is 11.1 Å². The number of aromatic nitrogens is 3. The molecule has 1 heterocycles. The number of nitrogens with one attached hydrogen (secondary N) is 2. The second-order valence-corrected chi connectivity index (χ2v) is 12.6. The summed E-state index contributed by atoms with van der Waals surface area (Å²) in [5.74, 6) is -0.200. The van der Waals surface area contributed by atoms with Crippen molar-refractivity contribution in [3.8, 4) is 0 Å². The third kappa shape index (κ3) is 5.75. The van der Waals surface area contributed by atoms with Crippen molar-refractivity contribution in [1.29, 1.82) is 0 Å². The summed E-state index contributed by atoms with van der Waals surface area (Å²) in [6, 6.07) is 16.0. The summed E-state index contributed by atoms with van der Waals surface area (Å²) in [6.45, 7) is 1.63. The molecule has 3 aromatic carbocycles. The highest BCUT2D eigenvalue weighted by Crippen LogP contribution is 2.34. The van der Waals surface area contributed by atoms with Gasteiger partial charge in [-0.1, -0.05) is 46.0 Å². The molecule has 4 rings (SSSR count). The first-order chi connectivity index (χ1) is 17.9. The summed E-state index contributed by atoms with van der Waals surface area (Å²) < 4.78 is 54.4. The molecule has 0 spiro atoms. The average molecular weight is 596 g/mol. The molecule has 0 aliphatic heterocycles. The van der Waals surface area contributed by atoms with Crippen LogP contribution in [0.4, 0.5) is 11.6 Å². The Kier molecular flexibility index (Phi) is 7.64. The Morgan fingerprint density at radius 1 is 1.08 bits per heavy atom. The normalized spacial score (nSPS) is 11.8. The fourth-order valence-corrected chi connectivity index (χ4v) is 7.13. The van der Waals surface area contributed by atoms with Crippen molar-refractivity contribution in [2.45, 2.75) is 27.4 Å². The fourth-order valence-electron chi connectivity index (χ4n) is 3.24. The Morgan fingerprint density at radius 2 is 1.74 bits per heavy atom. The molecule has 198 valence electrons. The van der Waals surface area contributed by atoms with Crippen molar-refractivity contribution in [3.63, 3.8) is 0 Å². The molecule has 0 bridgehead atoms. The molecule has 1 aromatic heterocycles. The molecule has 0 saturated heterocycles. The van der Waals surface area contributed by atoms with Crippen molar-refractivity contribution >= 4 is 55.0 Å². The SMILES string of the molecule is Cc1cc(S(=O)(=O)Nc2nn(S(=O)(=O)c3ccc([N+](=O)[O-])cc3)c(=O)[nH]2)c(SCc2ccccc2)cc1Cl. The number of nitro groups is 1. The molecule has 38 heavy (non-hydrogen) atoms. The summed E-state index contributed by atoms with van der Waals surface area (Å²) in [4.78, 5) is 24.3. The van der Waals surface area contributed by atoms with Crippen molar-refractivity contribution in [1.82, 2.24) is 14.2 Å². The van der Waals surface area contributed by atoms with Gasteiger partial charge in [-0.15, -0.1) is 16.9 Å². The summed E-state index contributed by atoms with van der Waals surface area (Å²) in [6.07, 6.45) is 0. The van der Waals surface area contributed by atoms with Crippen LogP contribution in [-0.4, -0.2) is 35.9 Å². The first kappa shape index (κ1) is 27.4. The average Bonchev–Trinajstić information content (AvgIpc) is 3.25. The van der Waals surface area contributed by atoms with Crippen LogP contribution in [0.3, 0.4) is 0 Å². The summed E-state index contributed by atoms with van der Waals surface area (Å²) in [5.41, 5.74) is -0.168. The standard InChI is InChI=1S/C22H18ClN5O7S3/c1-14-11-20(19(12-18(14)23)36-13-15-5-3-2-4-6-15)37(32,33)26-21-24-22(29)27(25-21)38(34,35)17-9-7-16(8-10-17)28(30)31/h2-12H,13H2,1H3,(H2,24,25,26,29). The predicted octanol–water partition coefficient (Wildman–Crippen LogP) is 3.77. The van der Waals surface area contributed by atoms with Crippen LogP contribution >= 0.6 is 23.4 Å². The third-order valence-electron chi connectivity index (χ3n) is 5.15. The number of aromatic amines is 1.